The molecule has 0 spiro atoms. The minimum absolute atomic E-state index is 0.00838. The molecule has 2 atom stereocenters. The van der Waals surface area contributed by atoms with Crippen LogP contribution in [0.4, 0.5) is 5.69 Å². The predicted octanol–water partition coefficient (Wildman–Crippen LogP) is 1.42. The zero-order chi connectivity index (χ0) is 15.2. The van der Waals surface area contributed by atoms with Gasteiger partial charge in [-0.05, 0) is 43.0 Å². The number of rotatable bonds is 5. The lowest BCUT2D eigenvalue weighted by molar-refractivity contribution is -0.122. The van der Waals surface area contributed by atoms with Crippen molar-refractivity contribution in [3.8, 4) is 0 Å². The fourth-order valence-corrected chi connectivity index (χ4v) is 2.98. The third kappa shape index (κ3) is 4.29. The first kappa shape index (κ1) is 15.5. The van der Waals surface area contributed by atoms with Gasteiger partial charge in [-0.25, -0.2) is 0 Å². The summed E-state index contributed by atoms with van der Waals surface area (Å²) < 4.78 is 0. The predicted molar refractivity (Wildman–Crippen MR) is 82.5 cm³/mol. The molecule has 1 aromatic rings. The first-order valence-corrected chi connectivity index (χ1v) is 7.48. The van der Waals surface area contributed by atoms with Crippen LogP contribution in [0.25, 0.3) is 0 Å². The molecule has 2 amide bonds. The third-order valence-electron chi connectivity index (χ3n) is 4.15. The van der Waals surface area contributed by atoms with E-state index in [0.717, 1.165) is 36.9 Å². The molecule has 5 nitrogen and oxygen atoms in total. The van der Waals surface area contributed by atoms with Crippen molar-refractivity contribution in [2.75, 3.05) is 11.9 Å². The lowest BCUT2D eigenvalue weighted by Crippen LogP contribution is -2.35. The number of nitrogens with two attached hydrogens (primary N) is 2. The van der Waals surface area contributed by atoms with Gasteiger partial charge >= 0.3 is 0 Å². The second-order valence-electron chi connectivity index (χ2n) is 5.72. The van der Waals surface area contributed by atoms with Gasteiger partial charge < -0.3 is 16.8 Å². The number of hydrogen-bond donors (Lipinski definition) is 3. The number of carbonyl (C=O) groups excluding carboxylic acids is 2. The van der Waals surface area contributed by atoms with E-state index < -0.39 is 0 Å². The van der Waals surface area contributed by atoms with E-state index in [2.05, 4.69) is 5.32 Å². The van der Waals surface area contributed by atoms with Gasteiger partial charge in [-0.3, -0.25) is 9.59 Å². The van der Waals surface area contributed by atoms with Crippen molar-refractivity contribution in [2.45, 2.75) is 32.1 Å². The Hall–Kier alpha value is -1.88. The Labute approximate surface area is 125 Å². The Balaban J connectivity index is 1.96. The number of primary amides is 1. The quantitative estimate of drug-likeness (QED) is 0.764. The molecule has 0 radical (unpaired) electrons. The molecule has 1 saturated carbocycles. The molecule has 1 aromatic carbocycles. The molecular weight excluding hydrogens is 266 g/mol. The minimum Gasteiger partial charge on any atom is -0.369 e. The highest BCUT2D eigenvalue weighted by Gasteiger charge is 2.29. The Morgan fingerprint density at radius 1 is 1.14 bits per heavy atom. The van der Waals surface area contributed by atoms with Gasteiger partial charge in [-0.15, -0.1) is 0 Å². The van der Waals surface area contributed by atoms with Crippen molar-refractivity contribution in [3.63, 3.8) is 0 Å². The maximum atomic E-state index is 12.4. The molecule has 5 N–H and O–H groups in total. The summed E-state index contributed by atoms with van der Waals surface area (Å²) in [5, 5.41) is 2.95. The van der Waals surface area contributed by atoms with Gasteiger partial charge in [0.1, 0.15) is 0 Å². The summed E-state index contributed by atoms with van der Waals surface area (Å²) in [5.74, 6) is -0.0190. The van der Waals surface area contributed by atoms with Crippen LogP contribution in [0, 0.1) is 11.8 Å². The van der Waals surface area contributed by atoms with Crippen LogP contribution in [0.1, 0.15) is 31.2 Å². The highest BCUT2D eigenvalue weighted by Crippen LogP contribution is 2.30. The van der Waals surface area contributed by atoms with Gasteiger partial charge in [0.05, 0.1) is 6.42 Å². The fraction of sp³-hybridized carbons (Fsp3) is 0.500. The molecule has 114 valence electrons. The van der Waals surface area contributed by atoms with E-state index in [4.69, 9.17) is 11.5 Å². The van der Waals surface area contributed by atoms with Gasteiger partial charge in [-0.2, -0.15) is 0 Å². The average Bonchev–Trinajstić information content (AvgIpc) is 2.48. The number of anilines is 1. The molecular formula is C16H23N3O2. The Kier molecular flexibility index (Phi) is 5.33. The lowest BCUT2D eigenvalue weighted by atomic mass is 9.78. The zero-order valence-corrected chi connectivity index (χ0v) is 12.2. The number of amides is 2. The summed E-state index contributed by atoms with van der Waals surface area (Å²) >= 11 is 0. The summed E-state index contributed by atoms with van der Waals surface area (Å²) in [6.45, 7) is 0.565. The Morgan fingerprint density at radius 2 is 1.81 bits per heavy atom. The third-order valence-corrected chi connectivity index (χ3v) is 4.15. The van der Waals surface area contributed by atoms with Crippen LogP contribution in [-0.4, -0.2) is 18.4 Å². The molecule has 2 rings (SSSR count). The van der Waals surface area contributed by atoms with Crippen LogP contribution in [0.15, 0.2) is 24.3 Å². The summed E-state index contributed by atoms with van der Waals surface area (Å²) in [6, 6.07) is 7.22. The number of nitrogens with one attached hydrogen (secondary N) is 1. The molecule has 0 aromatic heterocycles. The van der Waals surface area contributed by atoms with E-state index in [1.165, 1.54) is 0 Å². The van der Waals surface area contributed by atoms with Crippen LogP contribution >= 0.6 is 0 Å². The van der Waals surface area contributed by atoms with Crippen molar-refractivity contribution < 1.29 is 9.59 Å². The maximum Gasteiger partial charge on any atom is 0.227 e. The average molecular weight is 289 g/mol. The van der Waals surface area contributed by atoms with Crippen LogP contribution in [-0.2, 0) is 16.0 Å². The first-order chi connectivity index (χ1) is 10.1. The monoisotopic (exact) mass is 289 g/mol. The van der Waals surface area contributed by atoms with Crippen LogP contribution in [0.5, 0.6) is 0 Å². The number of hydrogen-bond acceptors (Lipinski definition) is 3. The van der Waals surface area contributed by atoms with Gasteiger partial charge in [0.15, 0.2) is 0 Å². The summed E-state index contributed by atoms with van der Waals surface area (Å²) in [6.07, 6.45) is 4.41. The molecule has 0 bridgehead atoms. The standard InChI is InChI=1S/C16H23N3O2/c17-10-12-3-1-2-4-14(12)16(21)19-13-7-5-11(6-8-13)9-15(18)20/h5-8,12,14H,1-4,9-10,17H2,(H2,18,20)(H,19,21). The number of benzene rings is 1. The summed E-state index contributed by atoms with van der Waals surface area (Å²) in [4.78, 5) is 23.2. The van der Waals surface area contributed by atoms with Crippen LogP contribution in [0.3, 0.4) is 0 Å². The second-order valence-corrected chi connectivity index (χ2v) is 5.72. The molecule has 0 heterocycles. The maximum absolute atomic E-state index is 12.4. The van der Waals surface area contributed by atoms with Crippen molar-refractivity contribution in [3.05, 3.63) is 29.8 Å². The van der Waals surface area contributed by atoms with Crippen molar-refractivity contribution >= 4 is 17.5 Å². The van der Waals surface area contributed by atoms with Crippen LogP contribution < -0.4 is 16.8 Å². The Morgan fingerprint density at radius 3 is 2.43 bits per heavy atom. The SMILES string of the molecule is NCC1CCCCC1C(=O)Nc1ccc(CC(N)=O)cc1. The van der Waals surface area contributed by atoms with Gasteiger partial charge in [0.2, 0.25) is 11.8 Å². The minimum atomic E-state index is -0.361. The van der Waals surface area contributed by atoms with E-state index in [1.807, 2.05) is 12.1 Å². The molecule has 21 heavy (non-hydrogen) atoms. The van der Waals surface area contributed by atoms with E-state index in [0.29, 0.717) is 6.54 Å². The van der Waals surface area contributed by atoms with E-state index >= 15 is 0 Å². The number of carbonyl (C=O) groups is 2. The van der Waals surface area contributed by atoms with Crippen molar-refractivity contribution in [1.82, 2.24) is 0 Å². The van der Waals surface area contributed by atoms with E-state index in [-0.39, 0.29) is 30.1 Å². The molecule has 1 aliphatic rings. The smallest absolute Gasteiger partial charge is 0.227 e. The molecule has 2 unspecified atom stereocenters. The molecule has 1 fully saturated rings. The van der Waals surface area contributed by atoms with Gasteiger partial charge in [0, 0.05) is 11.6 Å². The van der Waals surface area contributed by atoms with Crippen molar-refractivity contribution in [2.24, 2.45) is 23.3 Å². The zero-order valence-electron chi connectivity index (χ0n) is 12.2. The van der Waals surface area contributed by atoms with Crippen molar-refractivity contribution in [1.29, 1.82) is 0 Å². The van der Waals surface area contributed by atoms with Crippen LogP contribution in [0.2, 0.25) is 0 Å². The second kappa shape index (κ2) is 7.22. The van der Waals surface area contributed by atoms with E-state index in [9.17, 15) is 9.59 Å². The molecule has 1 aliphatic carbocycles. The van der Waals surface area contributed by atoms with Gasteiger partial charge in [0.25, 0.3) is 0 Å². The Bertz CT molecular complexity index is 499. The molecule has 0 aliphatic heterocycles. The highest BCUT2D eigenvalue weighted by molar-refractivity contribution is 5.92. The van der Waals surface area contributed by atoms with E-state index in [1.54, 1.807) is 12.1 Å². The largest absolute Gasteiger partial charge is 0.369 e. The molecule has 0 saturated heterocycles. The van der Waals surface area contributed by atoms with Gasteiger partial charge in [-0.1, -0.05) is 25.0 Å². The lowest BCUT2D eigenvalue weighted by Gasteiger charge is -2.29. The highest BCUT2D eigenvalue weighted by atomic mass is 16.2. The fourth-order valence-electron chi connectivity index (χ4n) is 2.98. The summed E-state index contributed by atoms with van der Waals surface area (Å²) in [7, 11) is 0. The topological polar surface area (TPSA) is 98.2 Å². The molecule has 5 heteroatoms. The first-order valence-electron chi connectivity index (χ1n) is 7.48. The summed E-state index contributed by atoms with van der Waals surface area (Å²) in [5.41, 5.74) is 12.5. The normalized spacial score (nSPS) is 21.8.